The minimum absolute atomic E-state index is 0.202. The second kappa shape index (κ2) is 11.4. The highest BCUT2D eigenvalue weighted by molar-refractivity contribution is 5.93. The normalized spacial score (nSPS) is 10.4. The Morgan fingerprint density at radius 1 is 0.966 bits per heavy atom. The van der Waals surface area contributed by atoms with Gasteiger partial charge in [0.2, 0.25) is 0 Å². The Hall–Kier alpha value is -3.48. The fourth-order valence-electron chi connectivity index (χ4n) is 2.53. The molecule has 29 heavy (non-hydrogen) atoms. The fourth-order valence-corrected chi connectivity index (χ4v) is 2.53. The molecular formula is C22H26N2O5. The third kappa shape index (κ3) is 7.21. The largest absolute Gasteiger partial charge is 0.493 e. The molecule has 2 amide bonds. The summed E-state index contributed by atoms with van der Waals surface area (Å²) in [4.78, 5) is 23.7. The van der Waals surface area contributed by atoms with Gasteiger partial charge < -0.3 is 14.2 Å². The zero-order chi connectivity index (χ0) is 21.1. The first-order chi connectivity index (χ1) is 14.0. The Bertz CT molecular complexity index is 847. The maximum atomic E-state index is 11.9. The van der Waals surface area contributed by atoms with Crippen LogP contribution in [0.1, 0.15) is 24.5 Å². The molecular weight excluding hydrogens is 372 g/mol. The summed E-state index contributed by atoms with van der Waals surface area (Å²) in [6, 6.07) is 12.8. The van der Waals surface area contributed by atoms with Gasteiger partial charge in [-0.2, -0.15) is 0 Å². The van der Waals surface area contributed by atoms with Crippen molar-refractivity contribution in [3.8, 4) is 17.2 Å². The summed E-state index contributed by atoms with van der Waals surface area (Å²) in [5.74, 6) is 0.817. The number of hydrogen-bond acceptors (Lipinski definition) is 5. The highest BCUT2D eigenvalue weighted by Crippen LogP contribution is 2.27. The summed E-state index contributed by atoms with van der Waals surface area (Å²) in [6.07, 6.45) is 4.97. The van der Waals surface area contributed by atoms with E-state index in [1.807, 2.05) is 24.3 Å². The van der Waals surface area contributed by atoms with Crippen LogP contribution in [0.4, 0.5) is 0 Å². The molecule has 0 heterocycles. The van der Waals surface area contributed by atoms with E-state index in [4.69, 9.17) is 14.2 Å². The van der Waals surface area contributed by atoms with Gasteiger partial charge in [0, 0.05) is 6.08 Å². The quantitative estimate of drug-likeness (QED) is 0.501. The van der Waals surface area contributed by atoms with E-state index in [1.54, 1.807) is 31.4 Å². The van der Waals surface area contributed by atoms with Crippen LogP contribution in [0.5, 0.6) is 17.2 Å². The Morgan fingerprint density at radius 3 is 2.34 bits per heavy atom. The molecule has 0 radical (unpaired) electrons. The number of hydrazine groups is 1. The lowest BCUT2D eigenvalue weighted by atomic mass is 10.1. The number of carbonyl (C=O) groups excluding carboxylic acids is 2. The SMILES string of the molecule is CCCc1ccc(OCC(=O)NNC(=O)/C=C/c2ccc(OC)c(OC)c2)cc1. The standard InChI is InChI=1S/C22H26N2O5/c1-4-5-16-6-10-18(11-7-16)29-15-22(26)24-23-21(25)13-9-17-8-12-19(27-2)20(14-17)28-3/h6-14H,4-5,15H2,1-3H3,(H,23,25)(H,24,26)/b13-9+. The van der Waals surface area contributed by atoms with Crippen molar-refractivity contribution in [2.45, 2.75) is 19.8 Å². The van der Waals surface area contributed by atoms with Crippen LogP contribution >= 0.6 is 0 Å². The van der Waals surface area contributed by atoms with Crippen molar-refractivity contribution < 1.29 is 23.8 Å². The molecule has 0 bridgehead atoms. The Kier molecular flexibility index (Phi) is 8.56. The van der Waals surface area contributed by atoms with Gasteiger partial charge in [0.1, 0.15) is 5.75 Å². The lowest BCUT2D eigenvalue weighted by Crippen LogP contribution is -2.43. The van der Waals surface area contributed by atoms with Crippen LogP contribution < -0.4 is 25.1 Å². The van der Waals surface area contributed by atoms with E-state index in [-0.39, 0.29) is 6.61 Å². The highest BCUT2D eigenvalue weighted by Gasteiger charge is 2.05. The van der Waals surface area contributed by atoms with Crippen molar-refractivity contribution in [2.75, 3.05) is 20.8 Å². The molecule has 0 spiro atoms. The van der Waals surface area contributed by atoms with Crippen LogP contribution in [0, 0.1) is 0 Å². The first-order valence-corrected chi connectivity index (χ1v) is 9.26. The molecule has 0 aliphatic carbocycles. The summed E-state index contributed by atoms with van der Waals surface area (Å²) >= 11 is 0. The summed E-state index contributed by atoms with van der Waals surface area (Å²) < 4.78 is 15.8. The number of rotatable bonds is 9. The average Bonchev–Trinajstić information content (AvgIpc) is 2.75. The zero-order valence-electron chi connectivity index (χ0n) is 16.9. The number of hydrogen-bond donors (Lipinski definition) is 2. The summed E-state index contributed by atoms with van der Waals surface area (Å²) in [5, 5.41) is 0. The van der Waals surface area contributed by atoms with E-state index in [9.17, 15) is 9.59 Å². The third-order valence-corrected chi connectivity index (χ3v) is 3.99. The minimum Gasteiger partial charge on any atom is -0.493 e. The van der Waals surface area contributed by atoms with Crippen molar-refractivity contribution >= 4 is 17.9 Å². The van der Waals surface area contributed by atoms with Gasteiger partial charge in [-0.05, 0) is 47.9 Å². The maximum Gasteiger partial charge on any atom is 0.276 e. The second-order valence-electron chi connectivity index (χ2n) is 6.17. The Morgan fingerprint density at radius 2 is 1.69 bits per heavy atom. The van der Waals surface area contributed by atoms with E-state index in [0.717, 1.165) is 18.4 Å². The molecule has 2 N–H and O–H groups in total. The van der Waals surface area contributed by atoms with Crippen molar-refractivity contribution in [3.05, 3.63) is 59.7 Å². The smallest absolute Gasteiger partial charge is 0.276 e. The van der Waals surface area contributed by atoms with E-state index in [0.29, 0.717) is 17.2 Å². The molecule has 2 aromatic carbocycles. The van der Waals surface area contributed by atoms with Crippen molar-refractivity contribution in [1.29, 1.82) is 0 Å². The maximum absolute atomic E-state index is 11.9. The van der Waals surface area contributed by atoms with E-state index in [1.165, 1.54) is 18.7 Å². The second-order valence-corrected chi connectivity index (χ2v) is 6.17. The first-order valence-electron chi connectivity index (χ1n) is 9.26. The van der Waals surface area contributed by atoms with Gasteiger partial charge in [0.15, 0.2) is 18.1 Å². The molecule has 0 aliphatic rings. The van der Waals surface area contributed by atoms with E-state index in [2.05, 4.69) is 17.8 Å². The molecule has 0 saturated carbocycles. The van der Waals surface area contributed by atoms with Crippen molar-refractivity contribution in [2.24, 2.45) is 0 Å². The number of ether oxygens (including phenoxy) is 3. The molecule has 0 atom stereocenters. The van der Waals surface area contributed by atoms with Gasteiger partial charge in [-0.3, -0.25) is 20.4 Å². The first kappa shape index (κ1) is 21.8. The number of nitrogens with one attached hydrogen (secondary N) is 2. The number of amides is 2. The van der Waals surface area contributed by atoms with Crippen LogP contribution in [-0.2, 0) is 16.0 Å². The molecule has 0 fully saturated rings. The molecule has 7 nitrogen and oxygen atoms in total. The molecule has 2 rings (SSSR count). The van der Waals surface area contributed by atoms with Gasteiger partial charge in [-0.25, -0.2) is 0 Å². The van der Waals surface area contributed by atoms with Gasteiger partial charge in [-0.15, -0.1) is 0 Å². The zero-order valence-corrected chi connectivity index (χ0v) is 16.9. The average molecular weight is 398 g/mol. The van der Waals surface area contributed by atoms with Crippen LogP contribution in [-0.4, -0.2) is 32.6 Å². The lowest BCUT2D eigenvalue weighted by Gasteiger charge is -2.08. The van der Waals surface area contributed by atoms with Crippen molar-refractivity contribution in [3.63, 3.8) is 0 Å². The highest BCUT2D eigenvalue weighted by atomic mass is 16.5. The predicted octanol–water partition coefficient (Wildman–Crippen LogP) is 2.90. The molecule has 7 heteroatoms. The van der Waals surface area contributed by atoms with Gasteiger partial charge in [-0.1, -0.05) is 31.5 Å². The van der Waals surface area contributed by atoms with Gasteiger partial charge in [0.05, 0.1) is 14.2 Å². The third-order valence-electron chi connectivity index (χ3n) is 3.99. The molecule has 0 aromatic heterocycles. The summed E-state index contributed by atoms with van der Waals surface area (Å²) in [5.41, 5.74) is 6.58. The van der Waals surface area contributed by atoms with Crippen LogP contribution in [0.15, 0.2) is 48.5 Å². The molecule has 0 unspecified atom stereocenters. The summed E-state index contributed by atoms with van der Waals surface area (Å²) in [6.45, 7) is 1.92. The number of carbonyl (C=O) groups is 2. The Labute approximate surface area is 170 Å². The number of benzene rings is 2. The topological polar surface area (TPSA) is 85.9 Å². The molecule has 2 aromatic rings. The minimum atomic E-state index is -0.475. The predicted molar refractivity (Wildman–Crippen MR) is 111 cm³/mol. The molecule has 0 aliphatic heterocycles. The van der Waals surface area contributed by atoms with E-state index >= 15 is 0 Å². The van der Waals surface area contributed by atoms with Gasteiger partial charge in [0.25, 0.3) is 11.8 Å². The van der Waals surface area contributed by atoms with Crippen LogP contribution in [0.25, 0.3) is 6.08 Å². The molecule has 154 valence electrons. The Balaban J connectivity index is 1.76. The van der Waals surface area contributed by atoms with E-state index < -0.39 is 11.8 Å². The fraction of sp³-hybridized carbons (Fsp3) is 0.273. The summed E-state index contributed by atoms with van der Waals surface area (Å²) in [7, 11) is 3.09. The van der Waals surface area contributed by atoms with Crippen LogP contribution in [0.2, 0.25) is 0 Å². The number of aryl methyl sites for hydroxylation is 1. The van der Waals surface area contributed by atoms with Gasteiger partial charge >= 0.3 is 0 Å². The van der Waals surface area contributed by atoms with Crippen LogP contribution in [0.3, 0.4) is 0 Å². The monoisotopic (exact) mass is 398 g/mol. The lowest BCUT2D eigenvalue weighted by molar-refractivity contribution is -0.128. The number of methoxy groups -OCH3 is 2. The molecule has 0 saturated heterocycles. The van der Waals surface area contributed by atoms with Crippen molar-refractivity contribution in [1.82, 2.24) is 10.9 Å².